The molecule has 0 fully saturated rings. The molecule has 0 unspecified atom stereocenters. The summed E-state index contributed by atoms with van der Waals surface area (Å²) in [4.78, 5) is 18.9. The van der Waals surface area contributed by atoms with Crippen LogP contribution in [-0.4, -0.2) is 27.2 Å². The van der Waals surface area contributed by atoms with Gasteiger partial charge in [0.25, 0.3) is 5.91 Å². The third-order valence-electron chi connectivity index (χ3n) is 4.62. The smallest absolute Gasteiger partial charge is 0.258 e. The Kier molecular flexibility index (Phi) is 4.29. The topological polar surface area (TPSA) is 51.0 Å². The lowest BCUT2D eigenvalue weighted by Gasteiger charge is -2.23. The normalized spacial score (nSPS) is 14.0. The second-order valence-corrected chi connectivity index (χ2v) is 6.33. The Hall–Kier alpha value is -2.95. The highest BCUT2D eigenvalue weighted by Gasteiger charge is 2.21. The lowest BCUT2D eigenvalue weighted by atomic mass is 10.1. The largest absolute Gasteiger partial charge is 0.308 e. The lowest BCUT2D eigenvalue weighted by molar-refractivity contribution is 0.0987. The molecule has 1 aromatic heterocycles. The van der Waals surface area contributed by atoms with Crippen LogP contribution in [0.3, 0.4) is 0 Å². The van der Waals surface area contributed by atoms with Gasteiger partial charge < -0.3 is 4.90 Å². The molecule has 5 heteroatoms. The van der Waals surface area contributed by atoms with Gasteiger partial charge in [0.2, 0.25) is 0 Å². The van der Waals surface area contributed by atoms with Crippen molar-refractivity contribution >= 4 is 11.6 Å². The minimum absolute atomic E-state index is 0.0710. The van der Waals surface area contributed by atoms with Crippen LogP contribution in [-0.2, 0) is 13.0 Å². The van der Waals surface area contributed by atoms with Gasteiger partial charge in [-0.05, 0) is 48.6 Å². The average Bonchev–Trinajstić information content (AvgIpc) is 3.06. The predicted octanol–water partition coefficient (Wildman–Crippen LogP) is 3.31. The SMILES string of the molecule is O=C(c1ccc(Cn2cncn2)cc1)N1CCCCc2ccccc21. The van der Waals surface area contributed by atoms with E-state index in [1.165, 1.54) is 11.9 Å². The summed E-state index contributed by atoms with van der Waals surface area (Å²) in [5.74, 6) is 0.0710. The number of hydrogen-bond donors (Lipinski definition) is 0. The molecule has 4 rings (SSSR count). The Balaban J connectivity index is 1.56. The monoisotopic (exact) mass is 332 g/mol. The summed E-state index contributed by atoms with van der Waals surface area (Å²) in [5.41, 5.74) is 4.13. The van der Waals surface area contributed by atoms with E-state index < -0.39 is 0 Å². The molecule has 0 N–H and O–H groups in total. The van der Waals surface area contributed by atoms with Gasteiger partial charge in [0.15, 0.2) is 0 Å². The minimum atomic E-state index is 0.0710. The molecule has 2 aromatic carbocycles. The highest BCUT2D eigenvalue weighted by molar-refractivity contribution is 6.06. The van der Waals surface area contributed by atoms with Gasteiger partial charge in [-0.25, -0.2) is 9.67 Å². The summed E-state index contributed by atoms with van der Waals surface area (Å²) in [6.07, 6.45) is 6.40. The second-order valence-electron chi connectivity index (χ2n) is 6.33. The fourth-order valence-electron chi connectivity index (χ4n) is 3.31. The Morgan fingerprint density at radius 2 is 1.88 bits per heavy atom. The van der Waals surface area contributed by atoms with Crippen LogP contribution in [0.5, 0.6) is 0 Å². The van der Waals surface area contributed by atoms with Crippen LogP contribution in [0.25, 0.3) is 0 Å². The van der Waals surface area contributed by atoms with Crippen molar-refractivity contribution in [1.82, 2.24) is 14.8 Å². The molecule has 0 saturated heterocycles. The number of nitrogens with zero attached hydrogens (tertiary/aromatic N) is 4. The maximum atomic E-state index is 13.0. The van der Waals surface area contributed by atoms with Crippen molar-refractivity contribution in [2.45, 2.75) is 25.8 Å². The zero-order valence-electron chi connectivity index (χ0n) is 14.0. The standard InChI is InChI=1S/C20H20N4O/c25-20(24-12-4-3-6-17-5-1-2-7-19(17)24)18-10-8-16(9-11-18)13-23-15-21-14-22-23/h1-2,5,7-11,14-15H,3-4,6,12-13H2. The van der Waals surface area contributed by atoms with Gasteiger partial charge in [0.1, 0.15) is 12.7 Å². The molecule has 2 heterocycles. The van der Waals surface area contributed by atoms with Crippen molar-refractivity contribution in [2.24, 2.45) is 0 Å². The number of rotatable bonds is 3. The molecule has 1 aliphatic rings. The average molecular weight is 332 g/mol. The molecule has 0 radical (unpaired) electrons. The summed E-state index contributed by atoms with van der Waals surface area (Å²) in [7, 11) is 0. The van der Waals surface area contributed by atoms with Crippen LogP contribution in [0.2, 0.25) is 0 Å². The second kappa shape index (κ2) is 6.89. The number of para-hydroxylation sites is 1. The number of benzene rings is 2. The number of carbonyl (C=O) groups excluding carboxylic acids is 1. The summed E-state index contributed by atoms with van der Waals surface area (Å²) >= 11 is 0. The molecule has 25 heavy (non-hydrogen) atoms. The molecule has 0 spiro atoms. The maximum Gasteiger partial charge on any atom is 0.258 e. The van der Waals surface area contributed by atoms with Crippen LogP contribution < -0.4 is 4.90 Å². The fourth-order valence-corrected chi connectivity index (χ4v) is 3.31. The summed E-state index contributed by atoms with van der Waals surface area (Å²) in [5, 5.41) is 4.11. The quantitative estimate of drug-likeness (QED) is 0.739. The maximum absolute atomic E-state index is 13.0. The van der Waals surface area contributed by atoms with Gasteiger partial charge in [-0.1, -0.05) is 30.3 Å². The highest BCUT2D eigenvalue weighted by Crippen LogP contribution is 2.27. The summed E-state index contributed by atoms with van der Waals surface area (Å²) in [6, 6.07) is 16.0. The number of anilines is 1. The Bertz CT molecular complexity index is 856. The van der Waals surface area contributed by atoms with Gasteiger partial charge in [-0.3, -0.25) is 4.79 Å². The van der Waals surface area contributed by atoms with E-state index in [2.05, 4.69) is 22.2 Å². The molecule has 1 aliphatic heterocycles. The van der Waals surface area contributed by atoms with Crippen LogP contribution in [0.4, 0.5) is 5.69 Å². The van der Waals surface area contributed by atoms with Crippen LogP contribution in [0.1, 0.15) is 34.3 Å². The van der Waals surface area contributed by atoms with Gasteiger partial charge in [0.05, 0.1) is 6.54 Å². The van der Waals surface area contributed by atoms with Crippen molar-refractivity contribution < 1.29 is 4.79 Å². The van der Waals surface area contributed by atoms with Crippen molar-refractivity contribution in [3.63, 3.8) is 0 Å². The Labute approximate surface area is 146 Å². The molecule has 0 atom stereocenters. The minimum Gasteiger partial charge on any atom is -0.308 e. The van der Waals surface area contributed by atoms with Crippen molar-refractivity contribution in [2.75, 3.05) is 11.4 Å². The zero-order chi connectivity index (χ0) is 17.1. The molecule has 0 saturated carbocycles. The first-order valence-electron chi connectivity index (χ1n) is 8.62. The Morgan fingerprint density at radius 3 is 2.68 bits per heavy atom. The number of fused-ring (bicyclic) bond motifs is 1. The number of aromatic nitrogens is 3. The molecule has 3 aromatic rings. The van der Waals surface area contributed by atoms with Gasteiger partial charge in [0, 0.05) is 17.8 Å². The first kappa shape index (κ1) is 15.6. The zero-order valence-corrected chi connectivity index (χ0v) is 14.0. The number of carbonyl (C=O) groups is 1. The third-order valence-corrected chi connectivity index (χ3v) is 4.62. The van der Waals surface area contributed by atoms with Crippen LogP contribution in [0, 0.1) is 0 Å². The molecule has 5 nitrogen and oxygen atoms in total. The van der Waals surface area contributed by atoms with E-state index in [0.717, 1.165) is 42.6 Å². The van der Waals surface area contributed by atoms with E-state index in [0.29, 0.717) is 6.54 Å². The van der Waals surface area contributed by atoms with Crippen LogP contribution in [0.15, 0.2) is 61.2 Å². The first-order valence-corrected chi connectivity index (χ1v) is 8.62. The van der Waals surface area contributed by atoms with Gasteiger partial charge in [-0.2, -0.15) is 5.10 Å². The predicted molar refractivity (Wildman–Crippen MR) is 96.6 cm³/mol. The Morgan fingerprint density at radius 1 is 1.04 bits per heavy atom. The van der Waals surface area contributed by atoms with Crippen molar-refractivity contribution in [3.8, 4) is 0 Å². The molecule has 1 amide bonds. The number of aryl methyl sites for hydroxylation is 1. The van der Waals surface area contributed by atoms with E-state index in [4.69, 9.17) is 0 Å². The molecular weight excluding hydrogens is 312 g/mol. The van der Waals surface area contributed by atoms with Crippen molar-refractivity contribution in [1.29, 1.82) is 0 Å². The number of amides is 1. The third kappa shape index (κ3) is 3.31. The summed E-state index contributed by atoms with van der Waals surface area (Å²) < 4.78 is 1.77. The van der Waals surface area contributed by atoms with Crippen molar-refractivity contribution in [3.05, 3.63) is 77.9 Å². The lowest BCUT2D eigenvalue weighted by Crippen LogP contribution is -2.31. The first-order chi connectivity index (χ1) is 12.3. The molecular formula is C20H20N4O. The molecule has 0 bridgehead atoms. The van der Waals surface area contributed by atoms with Gasteiger partial charge >= 0.3 is 0 Å². The van der Waals surface area contributed by atoms with E-state index in [1.54, 1.807) is 11.0 Å². The fraction of sp³-hybridized carbons (Fsp3) is 0.250. The number of hydrogen-bond acceptors (Lipinski definition) is 3. The van der Waals surface area contributed by atoms with E-state index in [9.17, 15) is 4.79 Å². The molecule has 126 valence electrons. The van der Waals surface area contributed by atoms with Crippen LogP contribution >= 0.6 is 0 Å². The van der Waals surface area contributed by atoms with E-state index in [-0.39, 0.29) is 5.91 Å². The van der Waals surface area contributed by atoms with E-state index in [1.807, 2.05) is 41.3 Å². The summed E-state index contributed by atoms with van der Waals surface area (Å²) in [6.45, 7) is 1.43. The molecule has 0 aliphatic carbocycles. The van der Waals surface area contributed by atoms with Gasteiger partial charge in [-0.15, -0.1) is 0 Å². The van der Waals surface area contributed by atoms with E-state index >= 15 is 0 Å². The highest BCUT2D eigenvalue weighted by atomic mass is 16.2.